The molecule has 0 saturated carbocycles. The Bertz CT molecular complexity index is 1010. The fourth-order valence-electron chi connectivity index (χ4n) is 2.51. The number of carbonyl (C=O) groups is 1. The highest BCUT2D eigenvalue weighted by molar-refractivity contribution is 9.11. The van der Waals surface area contributed by atoms with Gasteiger partial charge in [0.2, 0.25) is 0 Å². The van der Waals surface area contributed by atoms with Crippen molar-refractivity contribution in [2.75, 3.05) is 11.9 Å². The number of phenols is 1. The van der Waals surface area contributed by atoms with Gasteiger partial charge in [-0.15, -0.1) is 0 Å². The number of hydrogen-bond donors (Lipinski definition) is 3. The predicted molar refractivity (Wildman–Crippen MR) is 116 cm³/mol. The van der Waals surface area contributed by atoms with E-state index in [9.17, 15) is 9.90 Å². The maximum absolute atomic E-state index is 12.1. The zero-order valence-corrected chi connectivity index (χ0v) is 17.6. The van der Waals surface area contributed by atoms with Crippen molar-refractivity contribution >= 4 is 59.9 Å². The van der Waals surface area contributed by atoms with Gasteiger partial charge in [0.15, 0.2) is 0 Å². The highest BCUT2D eigenvalue weighted by Gasteiger charge is 2.08. The van der Waals surface area contributed by atoms with E-state index >= 15 is 0 Å². The lowest BCUT2D eigenvalue weighted by Gasteiger charge is -2.08. The van der Waals surface area contributed by atoms with E-state index < -0.39 is 0 Å². The molecule has 3 aromatic carbocycles. The Kier molecular flexibility index (Phi) is 6.13. The summed E-state index contributed by atoms with van der Waals surface area (Å²) in [5.74, 6) is -0.130. The van der Waals surface area contributed by atoms with Gasteiger partial charge >= 0.3 is 0 Å². The summed E-state index contributed by atoms with van der Waals surface area (Å²) < 4.78 is 1.09. The third-order valence-electron chi connectivity index (χ3n) is 3.99. The number of hydrogen-bond acceptors (Lipinski definition) is 4. The highest BCUT2D eigenvalue weighted by Crippen LogP contribution is 2.33. The fourth-order valence-corrected chi connectivity index (χ4v) is 3.69. The number of benzene rings is 3. The number of nitrogens with one attached hydrogen (secondary N) is 2. The van der Waals surface area contributed by atoms with Gasteiger partial charge < -0.3 is 10.4 Å². The van der Waals surface area contributed by atoms with E-state index in [4.69, 9.17) is 0 Å². The van der Waals surface area contributed by atoms with Crippen molar-refractivity contribution in [2.45, 2.75) is 6.92 Å². The van der Waals surface area contributed by atoms with Crippen molar-refractivity contribution < 1.29 is 9.90 Å². The molecule has 3 aromatic rings. The maximum atomic E-state index is 12.1. The molecule has 0 unspecified atom stereocenters. The average molecular weight is 491 g/mol. The van der Waals surface area contributed by atoms with Crippen molar-refractivity contribution in [1.82, 2.24) is 5.43 Å². The predicted octanol–water partition coefficient (Wildman–Crippen LogP) is 5.02. The molecule has 0 heterocycles. The number of anilines is 1. The number of amides is 1. The number of aromatic hydroxyl groups is 1. The van der Waals surface area contributed by atoms with Crippen LogP contribution in [0.15, 0.2) is 68.6 Å². The quantitative estimate of drug-likeness (QED) is 0.347. The minimum atomic E-state index is -0.251. The smallest absolute Gasteiger partial charge is 0.259 e. The molecule has 0 fully saturated rings. The number of fused-ring (bicyclic) bond motifs is 1. The second kappa shape index (κ2) is 8.54. The van der Waals surface area contributed by atoms with Crippen LogP contribution in [-0.2, 0) is 4.79 Å². The lowest BCUT2D eigenvalue weighted by atomic mass is 10.1. The van der Waals surface area contributed by atoms with E-state index in [-0.39, 0.29) is 18.2 Å². The molecule has 0 aliphatic rings. The summed E-state index contributed by atoms with van der Waals surface area (Å²) in [6.07, 6.45) is 0. The molecule has 0 saturated heterocycles. The van der Waals surface area contributed by atoms with Crippen LogP contribution in [-0.4, -0.2) is 23.3 Å². The molecule has 0 radical (unpaired) electrons. The van der Waals surface area contributed by atoms with Gasteiger partial charge in [-0.1, -0.05) is 30.3 Å². The molecule has 0 spiro atoms. The van der Waals surface area contributed by atoms with Crippen LogP contribution in [0.25, 0.3) is 10.8 Å². The number of carbonyl (C=O) groups excluding carboxylic acids is 1. The van der Waals surface area contributed by atoms with Gasteiger partial charge in [-0.05, 0) is 79.4 Å². The van der Waals surface area contributed by atoms with Gasteiger partial charge in [0.1, 0.15) is 5.75 Å². The molecule has 0 aliphatic carbocycles. The van der Waals surface area contributed by atoms with Crippen LogP contribution >= 0.6 is 31.9 Å². The molecular weight excluding hydrogens is 474 g/mol. The Balaban J connectivity index is 1.60. The molecule has 7 heteroatoms. The van der Waals surface area contributed by atoms with Crippen LogP contribution < -0.4 is 10.7 Å². The van der Waals surface area contributed by atoms with Gasteiger partial charge in [-0.2, -0.15) is 5.10 Å². The summed E-state index contributed by atoms with van der Waals surface area (Å²) >= 11 is 6.56. The molecule has 5 nitrogen and oxygen atoms in total. The Labute approximate surface area is 173 Å². The van der Waals surface area contributed by atoms with E-state index in [1.807, 2.05) is 42.5 Å². The first-order valence-corrected chi connectivity index (χ1v) is 9.77. The van der Waals surface area contributed by atoms with Gasteiger partial charge in [0.25, 0.3) is 5.91 Å². The SMILES string of the molecule is C/C(=N\NC(=O)CNc1ccc2ccccc2c1)c1cc(Br)c(O)c(Br)c1. The second-order valence-corrected chi connectivity index (χ2v) is 7.64. The highest BCUT2D eigenvalue weighted by atomic mass is 79.9. The number of phenolic OH excluding ortho intramolecular Hbond substituents is 1. The zero-order valence-electron chi connectivity index (χ0n) is 14.5. The molecule has 0 atom stereocenters. The summed E-state index contributed by atoms with van der Waals surface area (Å²) in [6.45, 7) is 1.89. The maximum Gasteiger partial charge on any atom is 0.259 e. The van der Waals surface area contributed by atoms with E-state index in [0.29, 0.717) is 14.7 Å². The van der Waals surface area contributed by atoms with Crippen molar-refractivity contribution in [2.24, 2.45) is 5.10 Å². The molecule has 0 aliphatic heterocycles. The van der Waals surface area contributed by atoms with Crippen molar-refractivity contribution in [3.05, 3.63) is 69.1 Å². The largest absolute Gasteiger partial charge is 0.506 e. The summed E-state index contributed by atoms with van der Waals surface area (Å²) in [4.78, 5) is 12.1. The fraction of sp³-hybridized carbons (Fsp3) is 0.100. The van der Waals surface area contributed by atoms with Crippen molar-refractivity contribution in [3.63, 3.8) is 0 Å². The Morgan fingerprint density at radius 2 is 1.70 bits per heavy atom. The second-order valence-electron chi connectivity index (χ2n) is 5.94. The number of halogens is 2. The van der Waals surface area contributed by atoms with E-state index in [2.05, 4.69) is 47.7 Å². The van der Waals surface area contributed by atoms with Crippen LogP contribution in [0.1, 0.15) is 12.5 Å². The monoisotopic (exact) mass is 489 g/mol. The third-order valence-corrected chi connectivity index (χ3v) is 5.19. The number of nitrogens with zero attached hydrogens (tertiary/aromatic N) is 1. The van der Waals surface area contributed by atoms with E-state index in [1.54, 1.807) is 19.1 Å². The lowest BCUT2D eigenvalue weighted by molar-refractivity contribution is -0.119. The number of hydrazone groups is 1. The number of rotatable bonds is 5. The van der Waals surface area contributed by atoms with Crippen LogP contribution in [0.4, 0.5) is 5.69 Å². The first kappa shape index (κ1) is 19.4. The van der Waals surface area contributed by atoms with Gasteiger partial charge in [-0.25, -0.2) is 5.43 Å². The summed E-state index contributed by atoms with van der Waals surface area (Å²) in [5, 5.41) is 19.2. The van der Waals surface area contributed by atoms with Gasteiger partial charge in [0.05, 0.1) is 21.2 Å². The summed E-state index contributed by atoms with van der Waals surface area (Å²) in [7, 11) is 0. The summed E-state index contributed by atoms with van der Waals surface area (Å²) in [5.41, 5.74) is 4.80. The molecule has 138 valence electrons. The molecule has 0 bridgehead atoms. The van der Waals surface area contributed by atoms with E-state index in [1.165, 1.54) is 0 Å². The van der Waals surface area contributed by atoms with Crippen molar-refractivity contribution in [1.29, 1.82) is 0 Å². The van der Waals surface area contributed by atoms with Crippen LogP contribution in [0.2, 0.25) is 0 Å². The Hall–Kier alpha value is -2.38. The van der Waals surface area contributed by atoms with Crippen LogP contribution in [0, 0.1) is 0 Å². The molecule has 0 aromatic heterocycles. The third kappa shape index (κ3) is 4.87. The lowest BCUT2D eigenvalue weighted by Crippen LogP contribution is -2.26. The Morgan fingerprint density at radius 3 is 2.41 bits per heavy atom. The van der Waals surface area contributed by atoms with E-state index in [0.717, 1.165) is 22.0 Å². The van der Waals surface area contributed by atoms with Crippen molar-refractivity contribution in [3.8, 4) is 5.75 Å². The zero-order chi connectivity index (χ0) is 19.4. The van der Waals surface area contributed by atoms with Crippen LogP contribution in [0.5, 0.6) is 5.75 Å². The minimum Gasteiger partial charge on any atom is -0.506 e. The molecule has 27 heavy (non-hydrogen) atoms. The van der Waals surface area contributed by atoms with Crippen LogP contribution in [0.3, 0.4) is 0 Å². The standard InChI is InChI=1S/C20H17Br2N3O2/c1-12(15-9-17(21)20(27)18(22)10-15)24-25-19(26)11-23-16-7-6-13-4-2-3-5-14(13)8-16/h2-10,23,27H,11H2,1H3,(H,25,26)/b24-12+. The first-order valence-electron chi connectivity index (χ1n) is 8.18. The Morgan fingerprint density at radius 1 is 1.04 bits per heavy atom. The first-order chi connectivity index (χ1) is 12.9. The normalized spacial score (nSPS) is 11.4. The molecule has 3 rings (SSSR count). The topological polar surface area (TPSA) is 73.7 Å². The minimum absolute atomic E-state index is 0.109. The van der Waals surface area contributed by atoms with Gasteiger partial charge in [0, 0.05) is 5.69 Å². The molecule has 3 N–H and O–H groups in total. The van der Waals surface area contributed by atoms with Gasteiger partial charge in [-0.3, -0.25) is 4.79 Å². The summed E-state index contributed by atoms with van der Waals surface area (Å²) in [6, 6.07) is 17.5. The average Bonchev–Trinajstić information content (AvgIpc) is 2.68. The molecular formula is C20H17Br2N3O2. The molecule has 1 amide bonds.